The molecule has 2 fully saturated rings. The quantitative estimate of drug-likeness (QED) is 0.634. The number of benzene rings is 2. The largest absolute Gasteiger partial charge is 0.336 e. The van der Waals surface area contributed by atoms with Crippen molar-refractivity contribution in [1.82, 2.24) is 9.88 Å². The molecule has 0 spiro atoms. The van der Waals surface area contributed by atoms with E-state index in [0.29, 0.717) is 35.5 Å². The Morgan fingerprint density at radius 1 is 1.03 bits per heavy atom. The number of carbonyl (C=O) groups excluding carboxylic acids is 1. The van der Waals surface area contributed by atoms with Crippen molar-refractivity contribution in [1.29, 1.82) is 0 Å². The molecule has 1 saturated carbocycles. The molecule has 0 radical (unpaired) electrons. The molecule has 4 nitrogen and oxygen atoms in total. The van der Waals surface area contributed by atoms with Crippen LogP contribution in [-0.4, -0.2) is 34.9 Å². The molecule has 2 atom stereocenters. The van der Waals surface area contributed by atoms with Gasteiger partial charge in [-0.2, -0.15) is 0 Å². The molecule has 2 heterocycles. The Morgan fingerprint density at radius 2 is 1.77 bits per heavy atom. The van der Waals surface area contributed by atoms with Crippen LogP contribution in [0, 0.1) is 5.82 Å². The van der Waals surface area contributed by atoms with E-state index in [1.165, 1.54) is 12.1 Å². The van der Waals surface area contributed by atoms with E-state index in [0.717, 1.165) is 24.1 Å². The summed E-state index contributed by atoms with van der Waals surface area (Å²) in [6, 6.07) is 16.3. The van der Waals surface area contributed by atoms with Gasteiger partial charge in [-0.3, -0.25) is 9.78 Å². The molecule has 2 N–H and O–H groups in total. The molecule has 2 aromatic carbocycles. The standard InChI is InChI=1S/C23H22FN3O.2ClH/c24-16-8-9-21-17(10-16)18(11-22(26-21)15-6-7-15)23(28)27-12-19(20(25)13-27)14-4-2-1-3-5-14;;/h1-5,8-11,15,19-20H,6-7,12-13,25H2;2*1H/t19-,20+;;/m0../s1. The fourth-order valence-corrected chi connectivity index (χ4v) is 4.20. The zero-order chi connectivity index (χ0) is 19.3. The molecular weight excluding hydrogens is 424 g/mol. The SMILES string of the molecule is Cl.Cl.N[C@@H]1CN(C(=O)c2cc(C3CC3)nc3ccc(F)cc23)C[C@H]1c1ccccc1. The van der Waals surface area contributed by atoms with E-state index in [1.54, 1.807) is 11.0 Å². The van der Waals surface area contributed by atoms with Gasteiger partial charge in [-0.25, -0.2) is 4.39 Å². The molecule has 1 aliphatic carbocycles. The lowest BCUT2D eigenvalue weighted by atomic mass is 9.95. The second-order valence-electron chi connectivity index (χ2n) is 7.92. The van der Waals surface area contributed by atoms with Gasteiger partial charge >= 0.3 is 0 Å². The van der Waals surface area contributed by atoms with Crippen molar-refractivity contribution >= 4 is 41.6 Å². The third-order valence-corrected chi connectivity index (χ3v) is 5.90. The number of pyridine rings is 1. The summed E-state index contributed by atoms with van der Waals surface area (Å²) < 4.78 is 13.9. The van der Waals surface area contributed by atoms with E-state index in [1.807, 2.05) is 24.3 Å². The van der Waals surface area contributed by atoms with E-state index in [-0.39, 0.29) is 48.5 Å². The van der Waals surface area contributed by atoms with Gasteiger partial charge in [-0.05, 0) is 42.7 Å². The lowest BCUT2D eigenvalue weighted by Gasteiger charge is -2.18. The van der Waals surface area contributed by atoms with Crippen molar-refractivity contribution < 1.29 is 9.18 Å². The molecule has 5 rings (SSSR count). The first-order valence-corrected chi connectivity index (χ1v) is 9.80. The van der Waals surface area contributed by atoms with Gasteiger partial charge in [0.25, 0.3) is 5.91 Å². The number of amides is 1. The zero-order valence-corrected chi connectivity index (χ0v) is 18.0. The molecule has 1 aromatic heterocycles. The van der Waals surface area contributed by atoms with Crippen molar-refractivity contribution in [2.45, 2.75) is 30.7 Å². The Kier molecular flexibility index (Phi) is 6.65. The number of aromatic nitrogens is 1. The highest BCUT2D eigenvalue weighted by molar-refractivity contribution is 6.06. The smallest absolute Gasteiger partial charge is 0.254 e. The number of carbonyl (C=O) groups is 1. The predicted molar refractivity (Wildman–Crippen MR) is 121 cm³/mol. The van der Waals surface area contributed by atoms with Gasteiger partial charge < -0.3 is 10.6 Å². The van der Waals surface area contributed by atoms with Crippen LogP contribution in [0.5, 0.6) is 0 Å². The maximum Gasteiger partial charge on any atom is 0.254 e. The average Bonchev–Trinajstić information content (AvgIpc) is 3.49. The molecule has 0 unspecified atom stereocenters. The number of hydrogen-bond donors (Lipinski definition) is 1. The van der Waals surface area contributed by atoms with Crippen LogP contribution in [0.25, 0.3) is 10.9 Å². The predicted octanol–water partition coefficient (Wildman–Crippen LogP) is 4.66. The first-order valence-electron chi connectivity index (χ1n) is 9.80. The molecule has 7 heteroatoms. The second-order valence-corrected chi connectivity index (χ2v) is 7.92. The Bertz CT molecular complexity index is 1060. The van der Waals surface area contributed by atoms with Gasteiger partial charge in [0.1, 0.15) is 5.82 Å². The summed E-state index contributed by atoms with van der Waals surface area (Å²) in [6.45, 7) is 1.07. The van der Waals surface area contributed by atoms with Gasteiger partial charge in [0.2, 0.25) is 0 Å². The third kappa shape index (κ3) is 4.15. The highest BCUT2D eigenvalue weighted by Gasteiger charge is 2.35. The summed E-state index contributed by atoms with van der Waals surface area (Å²) in [6.07, 6.45) is 2.19. The third-order valence-electron chi connectivity index (χ3n) is 5.90. The molecular formula is C23H24Cl2FN3O. The molecule has 1 saturated heterocycles. The van der Waals surface area contributed by atoms with Crippen LogP contribution in [0.2, 0.25) is 0 Å². The first-order chi connectivity index (χ1) is 13.6. The molecule has 30 heavy (non-hydrogen) atoms. The van der Waals surface area contributed by atoms with Crippen molar-refractivity contribution in [3.05, 3.63) is 77.2 Å². The highest BCUT2D eigenvalue weighted by Crippen LogP contribution is 2.40. The van der Waals surface area contributed by atoms with Gasteiger partial charge in [-0.1, -0.05) is 30.3 Å². The van der Waals surface area contributed by atoms with Crippen molar-refractivity contribution in [2.24, 2.45) is 5.73 Å². The van der Waals surface area contributed by atoms with Crippen LogP contribution in [0.3, 0.4) is 0 Å². The minimum absolute atomic E-state index is 0. The van der Waals surface area contributed by atoms with Crippen molar-refractivity contribution in [3.8, 4) is 0 Å². The van der Waals surface area contributed by atoms with E-state index < -0.39 is 0 Å². The summed E-state index contributed by atoms with van der Waals surface area (Å²) in [5, 5.41) is 0.575. The van der Waals surface area contributed by atoms with E-state index >= 15 is 0 Å². The number of nitrogens with two attached hydrogens (primary N) is 1. The van der Waals surface area contributed by atoms with E-state index in [9.17, 15) is 9.18 Å². The Balaban J connectivity index is 0.00000128. The average molecular weight is 448 g/mol. The Hall–Kier alpha value is -2.21. The fraction of sp³-hybridized carbons (Fsp3) is 0.304. The Morgan fingerprint density at radius 3 is 2.47 bits per heavy atom. The van der Waals surface area contributed by atoms with Gasteiger partial charge in [0, 0.05) is 42.0 Å². The topological polar surface area (TPSA) is 59.2 Å². The minimum Gasteiger partial charge on any atom is -0.336 e. The van der Waals surface area contributed by atoms with Crippen LogP contribution in [0.4, 0.5) is 4.39 Å². The number of rotatable bonds is 3. The molecule has 1 aliphatic heterocycles. The van der Waals surface area contributed by atoms with Gasteiger partial charge in [0.15, 0.2) is 0 Å². The van der Waals surface area contributed by atoms with Crippen LogP contribution < -0.4 is 5.73 Å². The van der Waals surface area contributed by atoms with Crippen molar-refractivity contribution in [2.75, 3.05) is 13.1 Å². The highest BCUT2D eigenvalue weighted by atomic mass is 35.5. The summed E-state index contributed by atoms with van der Waals surface area (Å²) >= 11 is 0. The van der Waals surface area contributed by atoms with Gasteiger partial charge in [-0.15, -0.1) is 24.8 Å². The molecule has 3 aromatic rings. The fourth-order valence-electron chi connectivity index (χ4n) is 4.20. The van der Waals surface area contributed by atoms with Crippen LogP contribution in [0.15, 0.2) is 54.6 Å². The molecule has 2 aliphatic rings. The number of hydrogen-bond acceptors (Lipinski definition) is 3. The lowest BCUT2D eigenvalue weighted by Crippen LogP contribution is -2.32. The number of halogens is 3. The van der Waals surface area contributed by atoms with Crippen LogP contribution in [-0.2, 0) is 0 Å². The van der Waals surface area contributed by atoms with Gasteiger partial charge in [0.05, 0.1) is 11.1 Å². The van der Waals surface area contributed by atoms with Crippen LogP contribution in [0.1, 0.15) is 46.3 Å². The molecule has 158 valence electrons. The van der Waals surface area contributed by atoms with E-state index in [2.05, 4.69) is 17.1 Å². The van der Waals surface area contributed by atoms with Crippen LogP contribution >= 0.6 is 24.8 Å². The summed E-state index contributed by atoms with van der Waals surface area (Å²) in [7, 11) is 0. The Labute approximate surface area is 187 Å². The van der Waals surface area contributed by atoms with Crippen molar-refractivity contribution in [3.63, 3.8) is 0 Å². The number of fused-ring (bicyclic) bond motifs is 1. The molecule has 0 bridgehead atoms. The van der Waals surface area contributed by atoms with E-state index in [4.69, 9.17) is 5.73 Å². The monoisotopic (exact) mass is 447 g/mol. The minimum atomic E-state index is -0.359. The first kappa shape index (κ1) is 22.5. The summed E-state index contributed by atoms with van der Waals surface area (Å²) in [5.74, 6) is 0.0772. The lowest BCUT2D eigenvalue weighted by molar-refractivity contribution is 0.0791. The number of likely N-dealkylation sites (tertiary alicyclic amines) is 1. The normalized spacial score (nSPS) is 20.5. The second kappa shape index (κ2) is 8.88. The maximum absolute atomic E-state index is 13.9. The summed E-state index contributed by atoms with van der Waals surface area (Å²) in [4.78, 5) is 19.9. The summed E-state index contributed by atoms with van der Waals surface area (Å²) in [5.41, 5.74) is 9.67. The zero-order valence-electron chi connectivity index (χ0n) is 16.3. The number of nitrogens with zero attached hydrogens (tertiary/aromatic N) is 2. The molecule has 1 amide bonds. The maximum atomic E-state index is 13.9.